The number of rotatable bonds is 3. The molecule has 1 amide bonds. The van der Waals surface area contributed by atoms with Crippen LogP contribution in [0.25, 0.3) is 0 Å². The van der Waals surface area contributed by atoms with E-state index in [-0.39, 0.29) is 24.9 Å². The molecule has 2 heterocycles. The van der Waals surface area contributed by atoms with Gasteiger partial charge in [-0.2, -0.15) is 5.10 Å². The quantitative estimate of drug-likeness (QED) is 0.876. The molecule has 2 rings (SSSR count). The Morgan fingerprint density at radius 3 is 2.72 bits per heavy atom. The van der Waals surface area contributed by atoms with Gasteiger partial charge in [0, 0.05) is 25.1 Å². The van der Waals surface area contributed by atoms with Crippen LogP contribution in [-0.2, 0) is 9.59 Å². The van der Waals surface area contributed by atoms with Gasteiger partial charge in [0.05, 0.1) is 11.6 Å². The third-order valence-corrected chi connectivity index (χ3v) is 3.08. The van der Waals surface area contributed by atoms with Gasteiger partial charge in [0.25, 0.3) is 0 Å². The molecular weight excluding hydrogens is 234 g/mol. The highest BCUT2D eigenvalue weighted by atomic mass is 16.4. The van der Waals surface area contributed by atoms with Crippen molar-refractivity contribution < 1.29 is 14.7 Å². The SMILES string of the molecule is Cc1cc(N2CC(C(=O)O)CC2=O)n(C(C)C)n1. The molecule has 1 aliphatic rings. The van der Waals surface area contributed by atoms with Crippen LogP contribution in [0.3, 0.4) is 0 Å². The lowest BCUT2D eigenvalue weighted by Crippen LogP contribution is -2.28. The Hall–Kier alpha value is -1.85. The summed E-state index contributed by atoms with van der Waals surface area (Å²) >= 11 is 0. The van der Waals surface area contributed by atoms with Gasteiger partial charge in [-0.05, 0) is 20.8 Å². The zero-order valence-corrected chi connectivity index (χ0v) is 10.8. The Morgan fingerprint density at radius 2 is 2.22 bits per heavy atom. The molecule has 1 aromatic heterocycles. The second kappa shape index (κ2) is 4.44. The molecule has 1 aromatic rings. The Kier molecular flexibility index (Phi) is 3.11. The summed E-state index contributed by atoms with van der Waals surface area (Å²) in [4.78, 5) is 24.4. The van der Waals surface area contributed by atoms with E-state index >= 15 is 0 Å². The third kappa shape index (κ3) is 2.10. The van der Waals surface area contributed by atoms with Crippen LogP contribution in [-0.4, -0.2) is 33.3 Å². The minimum Gasteiger partial charge on any atom is -0.481 e. The highest BCUT2D eigenvalue weighted by Crippen LogP contribution is 2.27. The Morgan fingerprint density at radius 1 is 1.56 bits per heavy atom. The van der Waals surface area contributed by atoms with Gasteiger partial charge in [-0.15, -0.1) is 0 Å². The number of carbonyl (C=O) groups is 2. The monoisotopic (exact) mass is 251 g/mol. The molecule has 1 atom stereocenters. The Labute approximate surface area is 105 Å². The summed E-state index contributed by atoms with van der Waals surface area (Å²) in [6.45, 7) is 6.04. The van der Waals surface area contributed by atoms with Gasteiger partial charge in [0.1, 0.15) is 5.82 Å². The van der Waals surface area contributed by atoms with Crippen molar-refractivity contribution in [2.24, 2.45) is 5.92 Å². The lowest BCUT2D eigenvalue weighted by Gasteiger charge is -2.19. The standard InChI is InChI=1S/C12H17N3O3/c1-7(2)15-10(4-8(3)13-15)14-6-9(12(17)18)5-11(14)16/h4,7,9H,5-6H2,1-3H3,(H,17,18). The number of hydrogen-bond acceptors (Lipinski definition) is 3. The molecule has 0 aromatic carbocycles. The number of carbonyl (C=O) groups excluding carboxylic acids is 1. The van der Waals surface area contributed by atoms with E-state index in [1.165, 1.54) is 4.90 Å². The summed E-state index contributed by atoms with van der Waals surface area (Å²) in [6.07, 6.45) is 0.0671. The molecule has 1 N–H and O–H groups in total. The van der Waals surface area contributed by atoms with E-state index in [2.05, 4.69) is 5.10 Å². The van der Waals surface area contributed by atoms with Gasteiger partial charge in [-0.3, -0.25) is 14.5 Å². The number of aliphatic carboxylic acids is 1. The number of amides is 1. The summed E-state index contributed by atoms with van der Waals surface area (Å²) in [5, 5.41) is 13.3. The van der Waals surface area contributed by atoms with Crippen LogP contribution in [0, 0.1) is 12.8 Å². The summed E-state index contributed by atoms with van der Waals surface area (Å²) in [7, 11) is 0. The number of carboxylic acid groups (broad SMARTS) is 1. The zero-order valence-electron chi connectivity index (χ0n) is 10.8. The maximum Gasteiger partial charge on any atom is 0.308 e. The molecular formula is C12H17N3O3. The number of aryl methyl sites for hydroxylation is 1. The smallest absolute Gasteiger partial charge is 0.308 e. The summed E-state index contributed by atoms with van der Waals surface area (Å²) in [5.74, 6) is -0.994. The van der Waals surface area contributed by atoms with Crippen LogP contribution < -0.4 is 4.90 Å². The average Bonchev–Trinajstić information content (AvgIpc) is 2.81. The first-order valence-corrected chi connectivity index (χ1v) is 5.99. The van der Waals surface area contributed by atoms with Crippen LogP contribution in [0.2, 0.25) is 0 Å². The molecule has 0 radical (unpaired) electrons. The van der Waals surface area contributed by atoms with Crippen LogP contribution >= 0.6 is 0 Å². The van der Waals surface area contributed by atoms with Crippen molar-refractivity contribution in [1.29, 1.82) is 0 Å². The molecule has 1 fully saturated rings. The fraction of sp³-hybridized carbons (Fsp3) is 0.583. The lowest BCUT2D eigenvalue weighted by molar-refractivity contribution is -0.141. The van der Waals surface area contributed by atoms with Crippen LogP contribution in [0.1, 0.15) is 32.0 Å². The van der Waals surface area contributed by atoms with E-state index in [9.17, 15) is 9.59 Å². The molecule has 1 unspecified atom stereocenters. The number of hydrogen-bond donors (Lipinski definition) is 1. The molecule has 6 heteroatoms. The van der Waals surface area contributed by atoms with E-state index < -0.39 is 11.9 Å². The molecule has 0 spiro atoms. The highest BCUT2D eigenvalue weighted by Gasteiger charge is 2.36. The van der Waals surface area contributed by atoms with Crippen molar-refractivity contribution in [1.82, 2.24) is 9.78 Å². The number of aromatic nitrogens is 2. The van der Waals surface area contributed by atoms with Gasteiger partial charge in [0.2, 0.25) is 5.91 Å². The van der Waals surface area contributed by atoms with Gasteiger partial charge < -0.3 is 5.11 Å². The first-order chi connectivity index (χ1) is 8.40. The van der Waals surface area contributed by atoms with E-state index in [1.807, 2.05) is 26.8 Å². The van der Waals surface area contributed by atoms with E-state index in [1.54, 1.807) is 4.68 Å². The zero-order chi connectivity index (χ0) is 13.4. The average molecular weight is 251 g/mol. The van der Waals surface area contributed by atoms with Crippen LogP contribution in [0.5, 0.6) is 0 Å². The number of nitrogens with zero attached hydrogens (tertiary/aromatic N) is 3. The first-order valence-electron chi connectivity index (χ1n) is 5.99. The molecule has 1 aliphatic heterocycles. The summed E-state index contributed by atoms with van der Waals surface area (Å²) in [5.41, 5.74) is 0.824. The van der Waals surface area contributed by atoms with Crippen molar-refractivity contribution in [3.8, 4) is 0 Å². The second-order valence-electron chi connectivity index (χ2n) is 4.93. The van der Waals surface area contributed by atoms with E-state index in [4.69, 9.17) is 5.11 Å². The molecule has 98 valence electrons. The molecule has 0 aliphatic carbocycles. The van der Waals surface area contributed by atoms with Gasteiger partial charge >= 0.3 is 5.97 Å². The molecule has 6 nitrogen and oxygen atoms in total. The minimum absolute atomic E-state index is 0.0671. The molecule has 0 bridgehead atoms. The number of carboxylic acids is 1. The number of anilines is 1. The van der Waals surface area contributed by atoms with Gasteiger partial charge in [-0.1, -0.05) is 0 Å². The minimum atomic E-state index is -0.918. The maximum absolute atomic E-state index is 11.9. The van der Waals surface area contributed by atoms with Crippen molar-refractivity contribution in [2.75, 3.05) is 11.4 Å². The van der Waals surface area contributed by atoms with E-state index in [0.29, 0.717) is 5.82 Å². The highest BCUT2D eigenvalue weighted by molar-refractivity contribution is 5.98. The summed E-state index contributed by atoms with van der Waals surface area (Å²) < 4.78 is 1.76. The molecule has 0 saturated carbocycles. The Bertz CT molecular complexity index is 493. The fourth-order valence-electron chi connectivity index (χ4n) is 2.18. The topological polar surface area (TPSA) is 75.4 Å². The van der Waals surface area contributed by atoms with Crippen molar-refractivity contribution in [3.05, 3.63) is 11.8 Å². The largest absolute Gasteiger partial charge is 0.481 e. The fourth-order valence-corrected chi connectivity index (χ4v) is 2.18. The normalized spacial score (nSPS) is 19.9. The second-order valence-corrected chi connectivity index (χ2v) is 4.93. The van der Waals surface area contributed by atoms with E-state index in [0.717, 1.165) is 5.69 Å². The molecule has 1 saturated heterocycles. The van der Waals surface area contributed by atoms with Gasteiger partial charge in [-0.25, -0.2) is 4.68 Å². The maximum atomic E-state index is 11.9. The predicted octanol–water partition coefficient (Wildman–Crippen LogP) is 1.21. The van der Waals surface area contributed by atoms with Gasteiger partial charge in [0.15, 0.2) is 0 Å². The molecule has 18 heavy (non-hydrogen) atoms. The predicted molar refractivity (Wildman–Crippen MR) is 65.4 cm³/mol. The summed E-state index contributed by atoms with van der Waals surface area (Å²) in [6, 6.07) is 1.95. The van der Waals surface area contributed by atoms with Crippen molar-refractivity contribution in [3.63, 3.8) is 0 Å². The third-order valence-electron chi connectivity index (χ3n) is 3.08. The first kappa shape index (κ1) is 12.6. The Balaban J connectivity index is 2.32. The lowest BCUT2D eigenvalue weighted by atomic mass is 10.1. The van der Waals surface area contributed by atoms with Crippen LogP contribution in [0.15, 0.2) is 6.07 Å². The van der Waals surface area contributed by atoms with Crippen molar-refractivity contribution >= 4 is 17.7 Å². The van der Waals surface area contributed by atoms with Crippen LogP contribution in [0.4, 0.5) is 5.82 Å². The van der Waals surface area contributed by atoms with Crippen molar-refractivity contribution in [2.45, 2.75) is 33.2 Å².